The van der Waals surface area contributed by atoms with Crippen molar-refractivity contribution in [2.45, 2.75) is 12.3 Å². The van der Waals surface area contributed by atoms with Gasteiger partial charge in [0.25, 0.3) is 0 Å². The topological polar surface area (TPSA) is 66.0 Å². The van der Waals surface area contributed by atoms with Gasteiger partial charge in [-0.05, 0) is 0 Å². The number of halogens is 4. The van der Waals surface area contributed by atoms with E-state index in [2.05, 4.69) is 5.10 Å². The molecule has 1 rings (SSSR count). The maximum Gasteiger partial charge on any atom is 0.356 e. The second-order valence-corrected chi connectivity index (χ2v) is 2.40. The van der Waals surface area contributed by atoms with Gasteiger partial charge in [-0.25, -0.2) is 13.6 Å². The lowest BCUT2D eigenvalue weighted by Crippen LogP contribution is -2.23. The lowest BCUT2D eigenvalue weighted by molar-refractivity contribution is -0.138. The van der Waals surface area contributed by atoms with E-state index in [0.717, 1.165) is 0 Å². The Morgan fingerprint density at radius 2 is 2.14 bits per heavy atom. The summed E-state index contributed by atoms with van der Waals surface area (Å²) in [5, 5.41) is 12.8. The van der Waals surface area contributed by atoms with Crippen LogP contribution in [-0.4, -0.2) is 27.7 Å². The van der Waals surface area contributed by atoms with Crippen LogP contribution in [0.1, 0.15) is 16.2 Å². The third-order valence-electron chi connectivity index (χ3n) is 1.43. The van der Waals surface area contributed by atoms with Crippen molar-refractivity contribution in [2.75, 3.05) is 0 Å². The van der Waals surface area contributed by atoms with E-state index in [1.165, 1.54) is 0 Å². The van der Waals surface area contributed by atoms with Gasteiger partial charge in [-0.15, -0.1) is 0 Å². The number of hydrogen-bond acceptors (Lipinski definition) is 2. The van der Waals surface area contributed by atoms with Crippen LogP contribution >= 0.6 is 0 Å². The van der Waals surface area contributed by atoms with E-state index < -0.39 is 29.7 Å². The fourth-order valence-corrected chi connectivity index (χ4v) is 0.720. The third kappa shape index (κ3) is 1.68. The number of carbonyl (C=O) groups is 1. The highest BCUT2D eigenvalue weighted by Gasteiger charge is 2.44. The minimum atomic E-state index is -4.42. The molecule has 0 saturated carbocycles. The van der Waals surface area contributed by atoms with Crippen molar-refractivity contribution in [2.24, 2.45) is 0 Å². The van der Waals surface area contributed by atoms with Crippen molar-refractivity contribution in [1.29, 1.82) is 0 Å². The smallest absolute Gasteiger partial charge is 0.356 e. The summed E-state index contributed by atoms with van der Waals surface area (Å²) < 4.78 is 48.6. The molecule has 14 heavy (non-hydrogen) atoms. The molecule has 0 aliphatic carbocycles. The number of alkyl halides is 4. The van der Waals surface area contributed by atoms with Crippen molar-refractivity contribution in [3.05, 3.63) is 17.5 Å². The molecule has 0 fully saturated rings. The van der Waals surface area contributed by atoms with E-state index in [9.17, 15) is 22.4 Å². The van der Waals surface area contributed by atoms with Gasteiger partial charge in [0.15, 0.2) is 5.69 Å². The average molecular weight is 212 g/mol. The number of aromatic nitrogens is 2. The minimum absolute atomic E-state index is 0.370. The zero-order chi connectivity index (χ0) is 10.9. The average Bonchev–Trinajstić information content (AvgIpc) is 2.51. The SMILES string of the molecule is O=C(O)c1cc(C(F)(F)C(F)F)[nH]n1. The normalized spacial score (nSPS) is 12.1. The molecule has 0 aromatic carbocycles. The summed E-state index contributed by atoms with van der Waals surface area (Å²) in [5.74, 6) is -5.99. The van der Waals surface area contributed by atoms with Crippen LogP contribution in [0, 0.1) is 0 Å². The van der Waals surface area contributed by atoms with Crippen LogP contribution in [0.15, 0.2) is 6.07 Å². The molecule has 0 radical (unpaired) electrons. The molecular weight excluding hydrogens is 208 g/mol. The van der Waals surface area contributed by atoms with Gasteiger partial charge in [0.1, 0.15) is 5.69 Å². The number of H-pyrrole nitrogens is 1. The quantitative estimate of drug-likeness (QED) is 0.745. The van der Waals surface area contributed by atoms with Gasteiger partial charge >= 0.3 is 18.3 Å². The van der Waals surface area contributed by atoms with Crippen molar-refractivity contribution >= 4 is 5.97 Å². The van der Waals surface area contributed by atoms with Gasteiger partial charge in [-0.3, -0.25) is 5.10 Å². The molecule has 0 atom stereocenters. The van der Waals surface area contributed by atoms with Gasteiger partial charge in [0.2, 0.25) is 0 Å². The van der Waals surface area contributed by atoms with E-state index in [1.807, 2.05) is 0 Å². The van der Waals surface area contributed by atoms with Crippen LogP contribution < -0.4 is 0 Å². The van der Waals surface area contributed by atoms with Gasteiger partial charge in [-0.2, -0.15) is 13.9 Å². The van der Waals surface area contributed by atoms with Crippen LogP contribution in [0.25, 0.3) is 0 Å². The Kier molecular flexibility index (Phi) is 2.45. The molecule has 1 heterocycles. The highest BCUT2D eigenvalue weighted by atomic mass is 19.3. The second kappa shape index (κ2) is 3.28. The first kappa shape index (κ1) is 10.5. The first-order valence-electron chi connectivity index (χ1n) is 3.31. The molecule has 8 heteroatoms. The van der Waals surface area contributed by atoms with Gasteiger partial charge in [0.05, 0.1) is 0 Å². The summed E-state index contributed by atoms with van der Waals surface area (Å²) in [6, 6.07) is 0.370. The van der Waals surface area contributed by atoms with E-state index in [0.29, 0.717) is 6.07 Å². The first-order valence-corrected chi connectivity index (χ1v) is 3.31. The van der Waals surface area contributed by atoms with Crippen molar-refractivity contribution in [3.63, 3.8) is 0 Å². The lowest BCUT2D eigenvalue weighted by Gasteiger charge is -2.11. The molecule has 0 amide bonds. The minimum Gasteiger partial charge on any atom is -0.476 e. The molecule has 4 nitrogen and oxygen atoms in total. The summed E-state index contributed by atoms with van der Waals surface area (Å²) in [6.07, 6.45) is -3.91. The molecule has 1 aromatic rings. The fourth-order valence-electron chi connectivity index (χ4n) is 0.720. The Morgan fingerprint density at radius 3 is 2.50 bits per heavy atom. The molecule has 0 unspecified atom stereocenters. The zero-order valence-corrected chi connectivity index (χ0v) is 6.47. The molecule has 0 aliphatic heterocycles. The molecule has 2 N–H and O–H groups in total. The number of nitrogens with one attached hydrogen (secondary N) is 1. The van der Waals surface area contributed by atoms with Gasteiger partial charge in [-0.1, -0.05) is 0 Å². The Balaban J connectivity index is 3.02. The Bertz CT molecular complexity index is 349. The third-order valence-corrected chi connectivity index (χ3v) is 1.43. The number of nitrogens with zero attached hydrogens (tertiary/aromatic N) is 1. The van der Waals surface area contributed by atoms with Gasteiger partial charge < -0.3 is 5.11 Å². The van der Waals surface area contributed by atoms with E-state index >= 15 is 0 Å². The molecule has 78 valence electrons. The molecular formula is C6H4F4N2O2. The molecule has 1 aromatic heterocycles. The number of carboxylic acid groups (broad SMARTS) is 1. The molecule has 0 aliphatic rings. The van der Waals surface area contributed by atoms with E-state index in [4.69, 9.17) is 5.11 Å². The number of carboxylic acids is 1. The Hall–Kier alpha value is -1.60. The summed E-state index contributed by atoms with van der Waals surface area (Å²) in [6.45, 7) is 0. The van der Waals surface area contributed by atoms with E-state index in [1.54, 1.807) is 5.10 Å². The van der Waals surface area contributed by atoms with Crippen molar-refractivity contribution < 1.29 is 27.5 Å². The van der Waals surface area contributed by atoms with Crippen molar-refractivity contribution in [1.82, 2.24) is 10.2 Å². The highest BCUT2D eigenvalue weighted by molar-refractivity contribution is 5.85. The maximum absolute atomic E-state index is 12.5. The predicted octanol–water partition coefficient (Wildman–Crippen LogP) is 1.46. The summed E-state index contributed by atoms with van der Waals surface area (Å²) >= 11 is 0. The Morgan fingerprint density at radius 1 is 1.57 bits per heavy atom. The van der Waals surface area contributed by atoms with Crippen LogP contribution in [0.5, 0.6) is 0 Å². The summed E-state index contributed by atoms with van der Waals surface area (Å²) in [5.41, 5.74) is -1.95. The summed E-state index contributed by atoms with van der Waals surface area (Å²) in [7, 11) is 0. The zero-order valence-electron chi connectivity index (χ0n) is 6.47. The van der Waals surface area contributed by atoms with Crippen LogP contribution in [0.3, 0.4) is 0 Å². The van der Waals surface area contributed by atoms with Crippen LogP contribution in [-0.2, 0) is 5.92 Å². The molecule has 0 bridgehead atoms. The Labute approximate surface area is 74.5 Å². The van der Waals surface area contributed by atoms with Crippen LogP contribution in [0.2, 0.25) is 0 Å². The van der Waals surface area contributed by atoms with Crippen molar-refractivity contribution in [3.8, 4) is 0 Å². The second-order valence-electron chi connectivity index (χ2n) is 2.40. The molecule has 0 spiro atoms. The van der Waals surface area contributed by atoms with Gasteiger partial charge in [0, 0.05) is 6.07 Å². The van der Waals surface area contributed by atoms with E-state index in [-0.39, 0.29) is 0 Å². The highest BCUT2D eigenvalue weighted by Crippen LogP contribution is 2.33. The van der Waals surface area contributed by atoms with Crippen LogP contribution in [0.4, 0.5) is 17.6 Å². The fraction of sp³-hybridized carbons (Fsp3) is 0.333. The summed E-state index contributed by atoms with van der Waals surface area (Å²) in [4.78, 5) is 10.2. The lowest BCUT2D eigenvalue weighted by atomic mass is 10.2. The number of rotatable bonds is 3. The first-order chi connectivity index (χ1) is 6.35. The number of hydrogen-bond donors (Lipinski definition) is 2. The monoisotopic (exact) mass is 212 g/mol. The maximum atomic E-state index is 12.5. The standard InChI is InChI=1S/C6H4F4N2O2/c7-5(8)6(9,10)3-1-2(4(13)14)11-12-3/h1,5H,(H,11,12)(H,13,14). The number of aromatic carboxylic acids is 1. The predicted molar refractivity (Wildman–Crippen MR) is 35.4 cm³/mol. The largest absolute Gasteiger partial charge is 0.476 e. The molecule has 0 saturated heterocycles. The number of aromatic amines is 1.